The molecule has 27 heavy (non-hydrogen) atoms. The highest BCUT2D eigenvalue weighted by Crippen LogP contribution is 2.24. The molecule has 0 bridgehead atoms. The van der Waals surface area contributed by atoms with Gasteiger partial charge >= 0.3 is 0 Å². The largest absolute Gasteiger partial charge is 0.481 e. The molecule has 0 heterocycles. The lowest BCUT2D eigenvalue weighted by atomic mass is 10.2. The summed E-state index contributed by atoms with van der Waals surface area (Å²) in [7, 11) is 0. The van der Waals surface area contributed by atoms with Gasteiger partial charge in [0.25, 0.3) is 5.91 Å². The van der Waals surface area contributed by atoms with Gasteiger partial charge in [-0.05, 0) is 49.2 Å². The zero-order chi connectivity index (χ0) is 19.8. The highest BCUT2D eigenvalue weighted by atomic mass is 35.5. The van der Waals surface area contributed by atoms with E-state index in [1.165, 1.54) is 17.8 Å². The van der Waals surface area contributed by atoms with E-state index in [2.05, 4.69) is 5.32 Å². The molecule has 0 unspecified atom stereocenters. The van der Waals surface area contributed by atoms with E-state index >= 15 is 0 Å². The molecule has 0 saturated carbocycles. The van der Waals surface area contributed by atoms with Crippen LogP contribution in [0, 0.1) is 12.7 Å². The van der Waals surface area contributed by atoms with Crippen molar-refractivity contribution < 1.29 is 13.9 Å². The number of rotatable bonds is 9. The second-order valence-corrected chi connectivity index (χ2v) is 7.89. The molecule has 0 saturated heterocycles. The first-order chi connectivity index (χ1) is 12.9. The number of ether oxygens (including phenoxy) is 1. The van der Waals surface area contributed by atoms with Crippen molar-refractivity contribution >= 4 is 40.9 Å². The molecule has 0 radical (unpaired) electrons. The predicted octanol–water partition coefficient (Wildman–Crippen LogP) is 5.65. The van der Waals surface area contributed by atoms with Gasteiger partial charge in [0.15, 0.2) is 6.10 Å². The van der Waals surface area contributed by atoms with Crippen LogP contribution in [0.25, 0.3) is 0 Å². The Bertz CT molecular complexity index is 768. The predicted molar refractivity (Wildman–Crippen MR) is 111 cm³/mol. The molecule has 0 aliphatic rings. The highest BCUT2D eigenvalue weighted by Gasteiger charge is 2.18. The summed E-state index contributed by atoms with van der Waals surface area (Å²) in [6, 6.07) is 9.96. The molecule has 7 heteroatoms. The monoisotopic (exact) mass is 429 g/mol. The molecule has 2 rings (SSSR count). The smallest absolute Gasteiger partial charge is 0.261 e. The molecule has 2 aromatic carbocycles. The maximum Gasteiger partial charge on any atom is 0.261 e. The minimum atomic E-state index is -0.573. The van der Waals surface area contributed by atoms with Crippen LogP contribution in [-0.2, 0) is 10.5 Å². The normalized spacial score (nSPS) is 11.9. The number of thioether (sulfide) groups is 1. The second-order valence-electron chi connectivity index (χ2n) is 5.97. The van der Waals surface area contributed by atoms with Gasteiger partial charge in [0.2, 0.25) is 0 Å². The van der Waals surface area contributed by atoms with E-state index in [0.717, 1.165) is 5.56 Å². The first-order valence-corrected chi connectivity index (χ1v) is 10.5. The van der Waals surface area contributed by atoms with Crippen LogP contribution < -0.4 is 10.1 Å². The highest BCUT2D eigenvalue weighted by molar-refractivity contribution is 7.98. The zero-order valence-corrected chi connectivity index (χ0v) is 17.6. The van der Waals surface area contributed by atoms with Crippen LogP contribution >= 0.6 is 35.0 Å². The maximum atomic E-state index is 13.7. The number of carbonyl (C=O) groups is 1. The quantitative estimate of drug-likeness (QED) is 0.523. The van der Waals surface area contributed by atoms with Crippen molar-refractivity contribution in [2.45, 2.75) is 32.1 Å². The summed E-state index contributed by atoms with van der Waals surface area (Å²) in [5, 5.41) is 3.94. The van der Waals surface area contributed by atoms with Crippen LogP contribution in [0.5, 0.6) is 5.75 Å². The molecule has 1 amide bonds. The van der Waals surface area contributed by atoms with E-state index < -0.39 is 6.10 Å². The molecule has 3 nitrogen and oxygen atoms in total. The van der Waals surface area contributed by atoms with Gasteiger partial charge in [-0.2, -0.15) is 11.8 Å². The number of amides is 1. The first kappa shape index (κ1) is 21.9. The Morgan fingerprint density at radius 2 is 2.04 bits per heavy atom. The van der Waals surface area contributed by atoms with Crippen molar-refractivity contribution in [3.8, 4) is 5.75 Å². The van der Waals surface area contributed by atoms with Crippen molar-refractivity contribution in [3.05, 3.63) is 63.4 Å². The summed E-state index contributed by atoms with van der Waals surface area (Å²) in [4.78, 5) is 12.3. The third kappa shape index (κ3) is 6.59. The van der Waals surface area contributed by atoms with Gasteiger partial charge in [-0.3, -0.25) is 4.79 Å². The molecule has 0 aromatic heterocycles. The van der Waals surface area contributed by atoms with Crippen LogP contribution in [0.15, 0.2) is 36.4 Å². The van der Waals surface area contributed by atoms with E-state index in [-0.39, 0.29) is 11.7 Å². The molecule has 1 atom stereocenters. The van der Waals surface area contributed by atoms with Crippen LogP contribution in [0.2, 0.25) is 10.0 Å². The van der Waals surface area contributed by atoms with Crippen molar-refractivity contribution in [1.29, 1.82) is 0 Å². The minimum Gasteiger partial charge on any atom is -0.481 e. The lowest BCUT2D eigenvalue weighted by Crippen LogP contribution is -2.39. The van der Waals surface area contributed by atoms with Gasteiger partial charge in [-0.15, -0.1) is 0 Å². The van der Waals surface area contributed by atoms with E-state index in [9.17, 15) is 9.18 Å². The topological polar surface area (TPSA) is 38.3 Å². The van der Waals surface area contributed by atoms with Crippen LogP contribution in [0.3, 0.4) is 0 Å². The van der Waals surface area contributed by atoms with Crippen molar-refractivity contribution in [2.24, 2.45) is 0 Å². The second kappa shape index (κ2) is 10.8. The standard InChI is InChI=1S/C20H22Cl2FNO2S/c1-3-19(26-14-7-8-16(21)13(2)11-14)20(25)24-9-10-27-12-15-17(22)5-4-6-18(15)23/h4-8,11,19H,3,9-10,12H2,1-2H3,(H,24,25)/t19-/m0/s1. The fourth-order valence-electron chi connectivity index (χ4n) is 2.38. The number of aryl methyl sites for hydroxylation is 1. The van der Waals surface area contributed by atoms with E-state index in [1.54, 1.807) is 24.3 Å². The third-order valence-electron chi connectivity index (χ3n) is 3.92. The summed E-state index contributed by atoms with van der Waals surface area (Å²) in [5.74, 6) is 1.24. The number of hydrogen-bond donors (Lipinski definition) is 1. The van der Waals surface area contributed by atoms with Gasteiger partial charge in [0.1, 0.15) is 11.6 Å². The molecule has 0 aliphatic carbocycles. The van der Waals surface area contributed by atoms with Gasteiger partial charge in [-0.1, -0.05) is 36.2 Å². The van der Waals surface area contributed by atoms with E-state index in [0.29, 0.717) is 45.8 Å². The molecular formula is C20H22Cl2FNO2S. The van der Waals surface area contributed by atoms with Gasteiger partial charge < -0.3 is 10.1 Å². The Morgan fingerprint density at radius 1 is 1.26 bits per heavy atom. The third-order valence-corrected chi connectivity index (χ3v) is 5.69. The summed E-state index contributed by atoms with van der Waals surface area (Å²) >= 11 is 13.5. The summed E-state index contributed by atoms with van der Waals surface area (Å²) < 4.78 is 19.5. The number of carbonyl (C=O) groups excluding carboxylic acids is 1. The Kier molecular flexibility index (Phi) is 8.74. The Morgan fingerprint density at radius 3 is 2.70 bits per heavy atom. The van der Waals surface area contributed by atoms with Gasteiger partial charge in [0, 0.05) is 33.7 Å². The lowest BCUT2D eigenvalue weighted by Gasteiger charge is -2.18. The van der Waals surface area contributed by atoms with Crippen molar-refractivity contribution in [3.63, 3.8) is 0 Å². The molecule has 0 spiro atoms. The van der Waals surface area contributed by atoms with Gasteiger partial charge in [-0.25, -0.2) is 4.39 Å². The van der Waals surface area contributed by atoms with E-state index in [1.807, 2.05) is 19.9 Å². The summed E-state index contributed by atoms with van der Waals surface area (Å²) in [6.07, 6.45) is -0.0255. The number of hydrogen-bond acceptors (Lipinski definition) is 3. The molecule has 2 aromatic rings. The molecule has 0 fully saturated rings. The molecule has 146 valence electrons. The Hall–Kier alpha value is -1.43. The average molecular weight is 430 g/mol. The molecular weight excluding hydrogens is 408 g/mol. The molecule has 0 aliphatic heterocycles. The van der Waals surface area contributed by atoms with Gasteiger partial charge in [0.05, 0.1) is 0 Å². The van der Waals surface area contributed by atoms with E-state index in [4.69, 9.17) is 27.9 Å². The SMILES string of the molecule is CC[C@H](Oc1ccc(Cl)c(C)c1)C(=O)NCCSCc1c(F)cccc1Cl. The maximum absolute atomic E-state index is 13.7. The number of nitrogens with one attached hydrogen (secondary N) is 1. The van der Waals surface area contributed by atoms with Crippen LogP contribution in [0.4, 0.5) is 4.39 Å². The Labute approximate surface area is 173 Å². The fourth-order valence-corrected chi connectivity index (χ4v) is 3.70. The number of halogens is 3. The van der Waals surface area contributed by atoms with Crippen molar-refractivity contribution in [2.75, 3.05) is 12.3 Å². The van der Waals surface area contributed by atoms with Crippen LogP contribution in [-0.4, -0.2) is 24.3 Å². The zero-order valence-electron chi connectivity index (χ0n) is 15.2. The summed E-state index contributed by atoms with van der Waals surface area (Å²) in [6.45, 7) is 4.24. The average Bonchev–Trinajstić information content (AvgIpc) is 2.64. The lowest BCUT2D eigenvalue weighted by molar-refractivity contribution is -0.127. The van der Waals surface area contributed by atoms with Crippen molar-refractivity contribution in [1.82, 2.24) is 5.32 Å². The molecule has 1 N–H and O–H groups in total. The minimum absolute atomic E-state index is 0.172. The number of benzene rings is 2. The fraction of sp³-hybridized carbons (Fsp3) is 0.350. The Balaban J connectivity index is 1.77. The summed E-state index contributed by atoms with van der Waals surface area (Å²) in [5.41, 5.74) is 1.39. The first-order valence-electron chi connectivity index (χ1n) is 8.63. The van der Waals surface area contributed by atoms with Crippen LogP contribution in [0.1, 0.15) is 24.5 Å².